The van der Waals surface area contributed by atoms with Crippen molar-refractivity contribution in [1.29, 1.82) is 0 Å². The number of hydrogen-bond acceptors (Lipinski definition) is 4. The largest absolute Gasteiger partial charge is 0.486 e. The van der Waals surface area contributed by atoms with Crippen molar-refractivity contribution in [3.05, 3.63) is 24.3 Å². The summed E-state index contributed by atoms with van der Waals surface area (Å²) in [7, 11) is 0. The minimum Gasteiger partial charge on any atom is -0.486 e. The van der Waals surface area contributed by atoms with E-state index in [1.165, 1.54) is 0 Å². The van der Waals surface area contributed by atoms with E-state index < -0.39 is 0 Å². The molecule has 0 aromatic heterocycles. The maximum absolute atomic E-state index is 11.9. The molecule has 6 nitrogen and oxygen atoms in total. The Kier molecular flexibility index (Phi) is 3.83. The number of oxime groups is 1. The van der Waals surface area contributed by atoms with Crippen molar-refractivity contribution in [2.75, 3.05) is 11.9 Å². The van der Waals surface area contributed by atoms with E-state index in [2.05, 4.69) is 24.3 Å². The van der Waals surface area contributed by atoms with Gasteiger partial charge < -0.3 is 21.0 Å². The zero-order chi connectivity index (χ0) is 14.8. The van der Waals surface area contributed by atoms with Crippen molar-refractivity contribution in [2.24, 2.45) is 22.2 Å². The lowest BCUT2D eigenvalue weighted by atomic mass is 10.1. The van der Waals surface area contributed by atoms with Gasteiger partial charge in [0.15, 0.2) is 5.84 Å². The van der Waals surface area contributed by atoms with Crippen LogP contribution in [0.3, 0.4) is 0 Å². The molecule has 1 fully saturated rings. The fourth-order valence-electron chi connectivity index (χ4n) is 1.96. The molecule has 1 aromatic rings. The van der Waals surface area contributed by atoms with Crippen molar-refractivity contribution in [1.82, 2.24) is 0 Å². The Hall–Kier alpha value is -2.24. The van der Waals surface area contributed by atoms with Crippen molar-refractivity contribution < 1.29 is 14.7 Å². The number of carbonyl (C=O) groups is 1. The van der Waals surface area contributed by atoms with Gasteiger partial charge in [0.2, 0.25) is 5.91 Å². The van der Waals surface area contributed by atoms with Crippen LogP contribution in [0.4, 0.5) is 5.69 Å². The highest BCUT2D eigenvalue weighted by atomic mass is 16.5. The number of nitrogens with two attached hydrogens (primary N) is 1. The van der Waals surface area contributed by atoms with Gasteiger partial charge in [-0.2, -0.15) is 0 Å². The molecule has 20 heavy (non-hydrogen) atoms. The van der Waals surface area contributed by atoms with Gasteiger partial charge in [0, 0.05) is 11.6 Å². The van der Waals surface area contributed by atoms with Gasteiger partial charge in [0.25, 0.3) is 0 Å². The molecule has 0 aliphatic heterocycles. The van der Waals surface area contributed by atoms with E-state index in [9.17, 15) is 4.79 Å². The molecule has 108 valence electrons. The molecule has 2 rings (SSSR count). The van der Waals surface area contributed by atoms with Gasteiger partial charge in [-0.3, -0.25) is 4.79 Å². The molecule has 1 saturated carbocycles. The molecule has 6 heteroatoms. The number of nitrogens with one attached hydrogen (secondary N) is 1. The molecule has 4 N–H and O–H groups in total. The lowest BCUT2D eigenvalue weighted by Crippen LogP contribution is -2.20. The smallest absolute Gasteiger partial charge is 0.228 e. The average Bonchev–Trinajstić information content (AvgIpc) is 3.07. The molecular formula is C14H19N3O3. The first-order valence-electron chi connectivity index (χ1n) is 6.42. The third-order valence-corrected chi connectivity index (χ3v) is 3.47. The summed E-state index contributed by atoms with van der Waals surface area (Å²) < 4.78 is 5.28. The molecule has 0 spiro atoms. The van der Waals surface area contributed by atoms with Crippen LogP contribution in [0.1, 0.15) is 20.3 Å². The van der Waals surface area contributed by atoms with Gasteiger partial charge in [-0.1, -0.05) is 19.0 Å². The van der Waals surface area contributed by atoms with Crippen molar-refractivity contribution >= 4 is 17.4 Å². The number of carbonyl (C=O) groups excluding carboxylic acids is 1. The first-order chi connectivity index (χ1) is 9.42. The number of ether oxygens (including phenoxy) is 1. The third kappa shape index (κ3) is 3.40. The Morgan fingerprint density at radius 3 is 2.60 bits per heavy atom. The first kappa shape index (κ1) is 14.2. The minimum atomic E-state index is -0.00153. The quantitative estimate of drug-likeness (QED) is 0.331. The van der Waals surface area contributed by atoms with Crippen LogP contribution >= 0.6 is 0 Å². The highest BCUT2D eigenvalue weighted by molar-refractivity contribution is 5.95. The van der Waals surface area contributed by atoms with Crippen LogP contribution < -0.4 is 15.8 Å². The van der Waals surface area contributed by atoms with Crippen LogP contribution in [0.5, 0.6) is 5.75 Å². The topological polar surface area (TPSA) is 96.9 Å². The molecule has 0 bridgehead atoms. The van der Waals surface area contributed by atoms with E-state index in [1.807, 2.05) is 0 Å². The van der Waals surface area contributed by atoms with E-state index in [-0.39, 0.29) is 29.7 Å². The summed E-state index contributed by atoms with van der Waals surface area (Å²) in [5.41, 5.74) is 6.15. The average molecular weight is 277 g/mol. The second-order valence-electron chi connectivity index (χ2n) is 5.64. The molecule has 1 unspecified atom stereocenters. The lowest BCUT2D eigenvalue weighted by Gasteiger charge is -2.08. The summed E-state index contributed by atoms with van der Waals surface area (Å²) in [5.74, 6) is 0.735. The fourth-order valence-corrected chi connectivity index (χ4v) is 1.96. The maximum atomic E-state index is 11.9. The van der Waals surface area contributed by atoms with E-state index in [0.717, 1.165) is 12.1 Å². The summed E-state index contributed by atoms with van der Waals surface area (Å²) >= 11 is 0. The molecule has 0 heterocycles. The van der Waals surface area contributed by atoms with E-state index in [1.54, 1.807) is 24.3 Å². The predicted molar refractivity (Wildman–Crippen MR) is 75.9 cm³/mol. The highest BCUT2D eigenvalue weighted by Crippen LogP contribution is 2.51. The molecular weight excluding hydrogens is 258 g/mol. The minimum absolute atomic E-state index is 0.00153. The summed E-state index contributed by atoms with van der Waals surface area (Å²) in [6.45, 7) is 4.18. The second-order valence-corrected chi connectivity index (χ2v) is 5.64. The Bertz CT molecular complexity index is 523. The summed E-state index contributed by atoms with van der Waals surface area (Å²) in [6, 6.07) is 6.96. The molecule has 1 aliphatic rings. The third-order valence-electron chi connectivity index (χ3n) is 3.47. The predicted octanol–water partition coefficient (Wildman–Crippen LogP) is 1.80. The van der Waals surface area contributed by atoms with E-state index in [0.29, 0.717) is 5.75 Å². The van der Waals surface area contributed by atoms with Crippen LogP contribution in [-0.2, 0) is 4.79 Å². The Balaban J connectivity index is 1.87. The van der Waals surface area contributed by atoms with Gasteiger partial charge in [0.1, 0.15) is 12.4 Å². The standard InChI is InChI=1S/C14H19N3O3/c1-14(2)7-11(14)13(18)16-9-3-5-10(6-4-9)20-8-12(15)17-19/h3-6,11,19H,7-8H2,1-2H3,(H2,15,17)(H,16,18). The normalized spacial score (nSPS) is 20.3. The van der Waals surface area contributed by atoms with Gasteiger partial charge in [-0.05, 0) is 36.1 Å². The molecule has 1 atom stereocenters. The zero-order valence-electron chi connectivity index (χ0n) is 11.6. The number of anilines is 1. The van der Waals surface area contributed by atoms with Crippen LogP contribution in [-0.4, -0.2) is 23.6 Å². The van der Waals surface area contributed by atoms with Gasteiger partial charge in [-0.25, -0.2) is 0 Å². The van der Waals surface area contributed by atoms with Gasteiger partial charge in [-0.15, -0.1) is 0 Å². The Labute approximate surface area is 117 Å². The first-order valence-corrected chi connectivity index (χ1v) is 6.42. The summed E-state index contributed by atoms with van der Waals surface area (Å²) in [5, 5.41) is 14.1. The maximum Gasteiger partial charge on any atom is 0.228 e. The van der Waals surface area contributed by atoms with E-state index >= 15 is 0 Å². The second kappa shape index (κ2) is 5.40. The SMILES string of the molecule is CC1(C)CC1C(=O)Nc1ccc(OC/C(N)=N/O)cc1. The zero-order valence-corrected chi connectivity index (χ0v) is 11.6. The summed E-state index contributed by atoms with van der Waals surface area (Å²) in [4.78, 5) is 11.9. The van der Waals surface area contributed by atoms with Crippen LogP contribution in [0, 0.1) is 11.3 Å². The molecule has 1 amide bonds. The van der Waals surface area contributed by atoms with Gasteiger partial charge in [0.05, 0.1) is 0 Å². The number of nitrogens with zero attached hydrogens (tertiary/aromatic N) is 1. The van der Waals surface area contributed by atoms with Crippen LogP contribution in [0.15, 0.2) is 29.4 Å². The van der Waals surface area contributed by atoms with Crippen molar-refractivity contribution in [3.8, 4) is 5.75 Å². The number of hydrogen-bond donors (Lipinski definition) is 3. The Morgan fingerprint density at radius 1 is 1.50 bits per heavy atom. The van der Waals surface area contributed by atoms with E-state index in [4.69, 9.17) is 15.7 Å². The fraction of sp³-hybridized carbons (Fsp3) is 0.429. The van der Waals surface area contributed by atoms with Crippen LogP contribution in [0.2, 0.25) is 0 Å². The number of amides is 1. The lowest BCUT2D eigenvalue weighted by molar-refractivity contribution is -0.118. The molecule has 1 aliphatic carbocycles. The highest BCUT2D eigenvalue weighted by Gasteiger charge is 2.50. The van der Waals surface area contributed by atoms with Crippen molar-refractivity contribution in [3.63, 3.8) is 0 Å². The Morgan fingerprint density at radius 2 is 2.10 bits per heavy atom. The van der Waals surface area contributed by atoms with Gasteiger partial charge >= 0.3 is 0 Å². The summed E-state index contributed by atoms with van der Waals surface area (Å²) in [6.07, 6.45) is 0.930. The number of amidine groups is 1. The van der Waals surface area contributed by atoms with Crippen molar-refractivity contribution in [2.45, 2.75) is 20.3 Å². The molecule has 0 radical (unpaired) electrons. The molecule has 1 aromatic carbocycles. The molecule has 0 saturated heterocycles. The van der Waals surface area contributed by atoms with Crippen LogP contribution in [0.25, 0.3) is 0 Å². The number of rotatable bonds is 5. The number of benzene rings is 1. The monoisotopic (exact) mass is 277 g/mol.